The first-order valence-corrected chi connectivity index (χ1v) is 30.4. The van der Waals surface area contributed by atoms with E-state index in [4.69, 9.17) is 24.7 Å². The monoisotopic (exact) mass is 1240 g/mol. The van der Waals surface area contributed by atoms with Crippen LogP contribution in [0.1, 0.15) is 138 Å². The molecule has 0 heterocycles. The number of esters is 1. The van der Waals surface area contributed by atoms with Gasteiger partial charge in [0.05, 0.1) is 12.6 Å². The lowest BCUT2D eigenvalue weighted by atomic mass is 9.76. The Labute approximate surface area is 529 Å². The molecule has 0 fully saturated rings. The third kappa shape index (κ3) is 19.8. The van der Waals surface area contributed by atoms with Crippen LogP contribution in [0.25, 0.3) is 11.1 Å². The van der Waals surface area contributed by atoms with Crippen LogP contribution in [0.5, 0.6) is 0 Å². The molecule has 1 aliphatic rings. The van der Waals surface area contributed by atoms with Crippen molar-refractivity contribution in [2.75, 3.05) is 44.5 Å². The van der Waals surface area contributed by atoms with Crippen molar-refractivity contribution in [3.05, 3.63) is 131 Å². The number of nitrogens with two attached hydrogens (primary N) is 1. The number of fused-ring (bicyclic) bond motifs is 3. The van der Waals surface area contributed by atoms with Crippen LogP contribution in [-0.2, 0) is 54.9 Å². The number of amides is 9. The summed E-state index contributed by atoms with van der Waals surface area (Å²) in [4.78, 5) is 125. The number of likely N-dealkylation sites (N-methyl/N-ethyl adjacent to an activating group) is 2. The van der Waals surface area contributed by atoms with Crippen LogP contribution >= 0.6 is 0 Å². The molecule has 9 amide bonds. The van der Waals surface area contributed by atoms with Crippen molar-refractivity contribution >= 4 is 65.3 Å². The van der Waals surface area contributed by atoms with E-state index in [0.29, 0.717) is 28.1 Å². The van der Waals surface area contributed by atoms with Crippen LogP contribution in [0.3, 0.4) is 0 Å². The van der Waals surface area contributed by atoms with Gasteiger partial charge in [0, 0.05) is 48.9 Å². The number of nitrogens with zero attached hydrogens (tertiary/aromatic N) is 2. The molecule has 90 heavy (non-hydrogen) atoms. The fourth-order valence-electron chi connectivity index (χ4n) is 10.7. The largest absolute Gasteiger partial charge is 0.463 e. The van der Waals surface area contributed by atoms with E-state index in [1.807, 2.05) is 83.1 Å². The SMILES string of the molecule is CCOC(=O)/C(C)=C/[C@H](C(C)C)N(C)C(=O)[C@@H](NC(=O)C(N(C)C(=O)OC(C)(C)C)C(C)(C)c1cccc(NC(=O)OCc2ccc(NC(=O)[C@H](CCCNC(N)=O)NC(=O)[C@@H](NC(=O)OCC3c4ccccc4-c4ccccc43)C(C)C)cc2)c1)C(C)(C)C. The summed E-state index contributed by atoms with van der Waals surface area (Å²) >= 11 is 0. The van der Waals surface area contributed by atoms with E-state index < -0.39 is 106 Å². The molecule has 4 aromatic rings. The van der Waals surface area contributed by atoms with Crippen molar-refractivity contribution in [1.29, 1.82) is 0 Å². The van der Waals surface area contributed by atoms with Gasteiger partial charge in [0.25, 0.3) is 0 Å². The number of rotatable bonds is 26. The summed E-state index contributed by atoms with van der Waals surface area (Å²) in [5.41, 5.74) is 8.54. The smallest absolute Gasteiger partial charge is 0.411 e. The van der Waals surface area contributed by atoms with E-state index in [0.717, 1.165) is 22.3 Å². The summed E-state index contributed by atoms with van der Waals surface area (Å²) < 4.78 is 22.3. The van der Waals surface area contributed by atoms with Crippen LogP contribution < -0.4 is 37.6 Å². The van der Waals surface area contributed by atoms with E-state index in [2.05, 4.69) is 31.9 Å². The molecule has 0 bridgehead atoms. The Bertz CT molecular complexity index is 3190. The zero-order chi connectivity index (χ0) is 67.0. The van der Waals surface area contributed by atoms with Gasteiger partial charge in [-0.25, -0.2) is 24.0 Å². The van der Waals surface area contributed by atoms with Crippen molar-refractivity contribution in [1.82, 2.24) is 31.1 Å². The predicted molar refractivity (Wildman–Crippen MR) is 345 cm³/mol. The molecular formula is C68H93N9O13. The molecular weight excluding hydrogens is 1150 g/mol. The van der Waals surface area contributed by atoms with E-state index >= 15 is 0 Å². The fourth-order valence-corrected chi connectivity index (χ4v) is 10.7. The van der Waals surface area contributed by atoms with Crippen molar-refractivity contribution in [2.24, 2.45) is 23.0 Å². The number of anilines is 2. The van der Waals surface area contributed by atoms with Gasteiger partial charge in [-0.05, 0) is 122 Å². The second-order valence-electron chi connectivity index (χ2n) is 25.9. The Morgan fingerprint density at radius 1 is 0.656 bits per heavy atom. The second-order valence-corrected chi connectivity index (χ2v) is 25.9. The first-order valence-electron chi connectivity index (χ1n) is 30.4. The Kier molecular flexibility index (Phi) is 25.1. The van der Waals surface area contributed by atoms with E-state index in [1.54, 1.807) is 124 Å². The maximum absolute atomic E-state index is 15.0. The summed E-state index contributed by atoms with van der Waals surface area (Å²) in [6.45, 7) is 24.9. The number of nitrogens with one attached hydrogen (secondary N) is 6. The first-order chi connectivity index (χ1) is 42.1. The molecule has 22 heteroatoms. The molecule has 0 aliphatic heterocycles. The molecule has 5 rings (SSSR count). The highest BCUT2D eigenvalue weighted by atomic mass is 16.6. The van der Waals surface area contributed by atoms with Gasteiger partial charge in [-0.3, -0.25) is 29.4 Å². The van der Waals surface area contributed by atoms with Gasteiger partial charge in [-0.1, -0.05) is 141 Å². The Morgan fingerprint density at radius 3 is 1.82 bits per heavy atom. The lowest BCUT2D eigenvalue weighted by Crippen LogP contribution is -2.63. The summed E-state index contributed by atoms with van der Waals surface area (Å²) in [5, 5.41) is 16.5. The van der Waals surface area contributed by atoms with Gasteiger partial charge in [0.1, 0.15) is 43.0 Å². The minimum atomic E-state index is -1.30. The zero-order valence-electron chi connectivity index (χ0n) is 55.0. The summed E-state index contributed by atoms with van der Waals surface area (Å²) in [5.74, 6) is -3.55. The maximum atomic E-state index is 15.0. The Balaban J connectivity index is 1.26. The number of alkyl carbamates (subject to hydrolysis) is 1. The first kappa shape index (κ1) is 71.8. The fraction of sp³-hybridized carbons (Fsp3) is 0.485. The van der Waals surface area contributed by atoms with Gasteiger partial charge >= 0.3 is 30.3 Å². The Hall–Kier alpha value is -8.95. The number of benzene rings is 4. The standard InChI is InChI=1S/C68H93N9O13/c1-17-87-61(82)42(6)36-53(40(2)3)76(15)60(81)55(66(7,8)9)75-59(80)56(77(16)65(86)90-67(10,11)12)68(13,14)44-24-22-25-46(37-44)72-63(84)88-38-43-31-33-45(34-32-43)71-57(78)52(30-23-35-70-62(69)83)73-58(79)54(41(4)5)74-64(85)89-39-51-49-28-20-18-26-47(49)48-27-19-21-29-50(48)51/h18-22,24-29,31-34,36-37,40-41,51-56H,17,23,30,35,38-39H2,1-16H3,(H,71,78)(H,72,84)(H,73,79)(H,74,85)(H,75,80)(H3,69,70,83)/b42-36+/t52-,53+,54-,55+,56?/m0/s1. The number of hydrogen-bond donors (Lipinski definition) is 7. The van der Waals surface area contributed by atoms with E-state index in [-0.39, 0.29) is 51.0 Å². The van der Waals surface area contributed by atoms with Gasteiger partial charge in [-0.15, -0.1) is 0 Å². The predicted octanol–water partition coefficient (Wildman–Crippen LogP) is 9.91. The average molecular weight is 1240 g/mol. The molecule has 1 unspecified atom stereocenters. The van der Waals surface area contributed by atoms with Crippen LogP contribution in [0.4, 0.5) is 30.6 Å². The summed E-state index contributed by atoms with van der Waals surface area (Å²) in [6, 6.07) is 23.1. The molecule has 4 aromatic carbocycles. The van der Waals surface area contributed by atoms with E-state index in [9.17, 15) is 43.2 Å². The van der Waals surface area contributed by atoms with Gasteiger partial charge in [0.15, 0.2) is 0 Å². The number of urea groups is 1. The molecule has 488 valence electrons. The van der Waals surface area contributed by atoms with Crippen molar-refractivity contribution in [2.45, 2.75) is 164 Å². The number of carbonyl (C=O) groups is 9. The molecule has 0 aromatic heterocycles. The minimum Gasteiger partial charge on any atom is -0.463 e. The number of ether oxygens (including phenoxy) is 4. The van der Waals surface area contributed by atoms with Crippen molar-refractivity contribution in [3.8, 4) is 11.1 Å². The van der Waals surface area contributed by atoms with Crippen LogP contribution in [0.15, 0.2) is 109 Å². The number of primary amides is 1. The van der Waals surface area contributed by atoms with E-state index in [1.165, 1.54) is 16.8 Å². The third-order valence-electron chi connectivity index (χ3n) is 15.5. The quantitative estimate of drug-likeness (QED) is 0.0133. The topological polar surface area (TPSA) is 295 Å². The lowest BCUT2D eigenvalue weighted by Gasteiger charge is -2.42. The molecule has 8 N–H and O–H groups in total. The normalized spacial score (nSPS) is 14.0. The lowest BCUT2D eigenvalue weighted by molar-refractivity contribution is -0.142. The molecule has 1 aliphatic carbocycles. The van der Waals surface area contributed by atoms with Crippen molar-refractivity contribution < 1.29 is 62.1 Å². The number of carbonyl (C=O) groups excluding carboxylic acids is 9. The molecule has 22 nitrogen and oxygen atoms in total. The van der Waals surface area contributed by atoms with Crippen molar-refractivity contribution in [3.63, 3.8) is 0 Å². The highest BCUT2D eigenvalue weighted by molar-refractivity contribution is 5.98. The van der Waals surface area contributed by atoms with Crippen LogP contribution in [-0.4, -0.2) is 133 Å². The zero-order valence-corrected chi connectivity index (χ0v) is 55.0. The Morgan fingerprint density at radius 2 is 1.27 bits per heavy atom. The molecule has 0 saturated heterocycles. The number of hydrogen-bond acceptors (Lipinski definition) is 13. The average Bonchev–Trinajstić information content (AvgIpc) is 1.48. The summed E-state index contributed by atoms with van der Waals surface area (Å²) in [7, 11) is 3.06. The molecule has 0 saturated carbocycles. The molecule has 0 radical (unpaired) electrons. The van der Waals surface area contributed by atoms with Gasteiger partial charge in [0.2, 0.25) is 23.6 Å². The summed E-state index contributed by atoms with van der Waals surface area (Å²) in [6.07, 6.45) is -0.372. The van der Waals surface area contributed by atoms with Crippen LogP contribution in [0.2, 0.25) is 0 Å². The van der Waals surface area contributed by atoms with Gasteiger partial charge < -0.3 is 56.2 Å². The maximum Gasteiger partial charge on any atom is 0.411 e. The highest BCUT2D eigenvalue weighted by Crippen LogP contribution is 2.44. The molecule has 5 atom stereocenters. The van der Waals surface area contributed by atoms with Crippen LogP contribution in [0, 0.1) is 17.3 Å². The van der Waals surface area contributed by atoms with Gasteiger partial charge in [-0.2, -0.15) is 0 Å². The minimum absolute atomic E-state index is 0.0346. The third-order valence-corrected chi connectivity index (χ3v) is 15.5. The highest BCUT2D eigenvalue weighted by Gasteiger charge is 2.46. The second kappa shape index (κ2) is 31.5. The molecule has 0 spiro atoms.